The van der Waals surface area contributed by atoms with E-state index in [4.69, 9.17) is 15.4 Å². The average molecular weight is 326 g/mol. The Morgan fingerprint density at radius 3 is 2.82 bits per heavy atom. The normalized spacial score (nSPS) is 12.8. The van der Waals surface area contributed by atoms with Crippen LogP contribution < -0.4 is 5.32 Å². The van der Waals surface area contributed by atoms with E-state index in [-0.39, 0.29) is 12.8 Å². The lowest BCUT2D eigenvalue weighted by atomic mass is 10.1. The van der Waals surface area contributed by atoms with E-state index in [9.17, 15) is 14.4 Å². The number of carbonyl (C=O) groups excluding carboxylic acids is 2. The van der Waals surface area contributed by atoms with Crippen LogP contribution in [0.2, 0.25) is 0 Å². The van der Waals surface area contributed by atoms with E-state index < -0.39 is 29.8 Å². The smallest absolute Gasteiger partial charge is 0.326 e. The Morgan fingerprint density at radius 1 is 1.59 bits per heavy atom. The van der Waals surface area contributed by atoms with Gasteiger partial charge in [0, 0.05) is 19.7 Å². The van der Waals surface area contributed by atoms with Crippen molar-refractivity contribution in [2.45, 2.75) is 25.0 Å². The molecule has 0 aliphatic carbocycles. The van der Waals surface area contributed by atoms with Gasteiger partial charge in [0.1, 0.15) is 6.04 Å². The number of Topliss-reactive ketones (excluding diaryl/α,β-unsaturated/α-hetero) is 1. The largest absolute Gasteiger partial charge is 0.480 e. The Kier molecular flexibility index (Phi) is 7.03. The van der Waals surface area contributed by atoms with E-state index in [0.717, 1.165) is 0 Å². The van der Waals surface area contributed by atoms with Crippen molar-refractivity contribution >= 4 is 35.2 Å². The molecule has 0 spiro atoms. The Morgan fingerprint density at radius 2 is 2.32 bits per heavy atom. The molecule has 1 rings (SSSR count). The van der Waals surface area contributed by atoms with Gasteiger partial charge in [-0.1, -0.05) is 0 Å². The van der Waals surface area contributed by atoms with E-state index in [2.05, 4.69) is 15.1 Å². The monoisotopic (exact) mass is 326 g/mol. The molecule has 2 unspecified atom stereocenters. The van der Waals surface area contributed by atoms with Gasteiger partial charge in [-0.15, -0.1) is 11.3 Å². The predicted molar refractivity (Wildman–Crippen MR) is 75.4 cm³/mol. The number of methoxy groups -OCH3 is 1. The third-order valence-electron chi connectivity index (χ3n) is 2.68. The number of aromatic nitrogens is 1. The third-order valence-corrected chi connectivity index (χ3v) is 3.50. The zero-order valence-electron chi connectivity index (χ0n) is 11.6. The van der Waals surface area contributed by atoms with Gasteiger partial charge in [-0.25, -0.2) is 4.79 Å². The first-order valence-corrected chi connectivity index (χ1v) is 7.02. The molecule has 0 saturated carbocycles. The molecular weight excluding hydrogens is 312 g/mol. The molecule has 10 heteroatoms. The van der Waals surface area contributed by atoms with Crippen LogP contribution in [0.3, 0.4) is 0 Å². The van der Waals surface area contributed by atoms with Crippen molar-refractivity contribution in [1.82, 2.24) is 10.3 Å². The summed E-state index contributed by atoms with van der Waals surface area (Å²) in [5.41, 5.74) is 9.73. The number of rotatable bonds is 9. The Bertz CT molecular complexity index is 582. The fraction of sp³-hybridized carbons (Fsp3) is 0.417. The van der Waals surface area contributed by atoms with Crippen LogP contribution in [0.15, 0.2) is 11.7 Å². The SMILES string of the molecule is COC(C(=O)NC(CCC(=O)C=[N+]=[N-])C(=O)O)c1cncs1. The van der Waals surface area contributed by atoms with Crippen LogP contribution in [0, 0.1) is 0 Å². The molecule has 2 N–H and O–H groups in total. The van der Waals surface area contributed by atoms with Crippen LogP contribution in [0.5, 0.6) is 0 Å². The number of aliphatic carboxylic acids is 1. The van der Waals surface area contributed by atoms with Gasteiger partial charge in [-0.05, 0) is 6.42 Å². The van der Waals surface area contributed by atoms with Gasteiger partial charge < -0.3 is 20.7 Å². The Balaban J connectivity index is 2.69. The molecule has 9 nitrogen and oxygen atoms in total. The van der Waals surface area contributed by atoms with Gasteiger partial charge in [-0.3, -0.25) is 14.6 Å². The number of nitrogens with zero attached hydrogens (tertiary/aromatic N) is 3. The highest BCUT2D eigenvalue weighted by Gasteiger charge is 2.27. The number of carboxylic acid groups (broad SMARTS) is 1. The quantitative estimate of drug-likeness (QED) is 0.373. The van der Waals surface area contributed by atoms with Crippen molar-refractivity contribution in [3.05, 3.63) is 22.1 Å². The minimum absolute atomic E-state index is 0.134. The molecule has 0 aliphatic heterocycles. The molecule has 1 aromatic rings. The molecular formula is C12H14N4O5S. The van der Waals surface area contributed by atoms with Gasteiger partial charge >= 0.3 is 12.2 Å². The summed E-state index contributed by atoms with van der Waals surface area (Å²) < 4.78 is 5.05. The number of carbonyl (C=O) groups is 3. The maximum absolute atomic E-state index is 12.1. The van der Waals surface area contributed by atoms with Crippen molar-refractivity contribution in [1.29, 1.82) is 0 Å². The van der Waals surface area contributed by atoms with Crippen molar-refractivity contribution in [2.24, 2.45) is 0 Å². The maximum Gasteiger partial charge on any atom is 0.326 e. The lowest BCUT2D eigenvalue weighted by Crippen LogP contribution is -2.43. The number of amides is 1. The van der Waals surface area contributed by atoms with Crippen LogP contribution in [-0.2, 0) is 19.1 Å². The van der Waals surface area contributed by atoms with Crippen molar-refractivity contribution in [2.75, 3.05) is 7.11 Å². The molecule has 1 aromatic heterocycles. The minimum atomic E-state index is -1.28. The number of ketones is 1. The Labute approximate surface area is 129 Å². The van der Waals surface area contributed by atoms with E-state index >= 15 is 0 Å². The number of hydrogen-bond acceptors (Lipinski definition) is 6. The zero-order valence-corrected chi connectivity index (χ0v) is 12.4. The summed E-state index contributed by atoms with van der Waals surface area (Å²) in [6.07, 6.45) is 0.847. The van der Waals surface area contributed by atoms with Crippen molar-refractivity contribution in [3.63, 3.8) is 0 Å². The summed E-state index contributed by atoms with van der Waals surface area (Å²) in [5.74, 6) is -2.46. The number of thiazole rings is 1. The van der Waals surface area contributed by atoms with Crippen LogP contribution >= 0.6 is 11.3 Å². The van der Waals surface area contributed by atoms with Crippen LogP contribution in [-0.4, -0.2) is 51.9 Å². The second-order valence-corrected chi connectivity index (χ2v) is 5.09. The summed E-state index contributed by atoms with van der Waals surface area (Å²) in [4.78, 5) is 41.3. The van der Waals surface area contributed by atoms with Gasteiger partial charge in [0.15, 0.2) is 6.10 Å². The first-order chi connectivity index (χ1) is 10.5. The zero-order chi connectivity index (χ0) is 16.5. The summed E-state index contributed by atoms with van der Waals surface area (Å²) in [6.45, 7) is 0. The summed E-state index contributed by atoms with van der Waals surface area (Å²) >= 11 is 1.20. The molecule has 1 heterocycles. The van der Waals surface area contributed by atoms with Crippen molar-refractivity contribution < 1.29 is 29.0 Å². The van der Waals surface area contributed by atoms with Crippen LogP contribution in [0.25, 0.3) is 5.53 Å². The first-order valence-electron chi connectivity index (χ1n) is 6.14. The average Bonchev–Trinajstić information content (AvgIpc) is 2.98. The first kappa shape index (κ1) is 17.6. The second kappa shape index (κ2) is 8.78. The van der Waals surface area contributed by atoms with E-state index in [0.29, 0.717) is 11.1 Å². The highest BCUT2D eigenvalue weighted by molar-refractivity contribution is 7.09. The van der Waals surface area contributed by atoms with Gasteiger partial charge in [0.25, 0.3) is 5.91 Å². The summed E-state index contributed by atoms with van der Waals surface area (Å²) in [7, 11) is 1.32. The Hall–Kier alpha value is -2.42. The standard InChI is InChI=1S/C12H14N4O5S/c1-21-10(9-5-14-6-22-9)11(18)16-8(12(19)20)3-2-7(17)4-15-13/h4-6,8,10H,2-3H2,1H3,(H,16,18)(H,19,20). The van der Waals surface area contributed by atoms with E-state index in [1.165, 1.54) is 30.2 Å². The maximum atomic E-state index is 12.1. The summed E-state index contributed by atoms with van der Waals surface area (Å²) in [6, 6.07) is -1.26. The van der Waals surface area contributed by atoms with Gasteiger partial charge in [0.2, 0.25) is 5.78 Å². The van der Waals surface area contributed by atoms with Crippen LogP contribution in [0.1, 0.15) is 23.8 Å². The van der Waals surface area contributed by atoms with E-state index in [1.807, 2.05) is 0 Å². The molecule has 1 amide bonds. The third kappa shape index (κ3) is 5.17. The van der Waals surface area contributed by atoms with Crippen molar-refractivity contribution in [3.8, 4) is 0 Å². The lowest BCUT2D eigenvalue weighted by Gasteiger charge is -2.18. The molecule has 0 aliphatic rings. The summed E-state index contributed by atoms with van der Waals surface area (Å²) in [5, 5.41) is 11.4. The number of hydrogen-bond donors (Lipinski definition) is 2. The number of ether oxygens (including phenoxy) is 1. The number of carboxylic acids is 1. The molecule has 118 valence electrons. The number of nitrogens with one attached hydrogen (secondary N) is 1. The molecule has 22 heavy (non-hydrogen) atoms. The fourth-order valence-corrected chi connectivity index (χ4v) is 2.32. The molecule has 2 atom stereocenters. The van der Waals surface area contributed by atoms with E-state index in [1.54, 1.807) is 0 Å². The van der Waals surface area contributed by atoms with Crippen LogP contribution in [0.4, 0.5) is 0 Å². The van der Waals surface area contributed by atoms with Gasteiger partial charge in [-0.2, -0.15) is 4.79 Å². The minimum Gasteiger partial charge on any atom is -0.480 e. The predicted octanol–water partition coefficient (Wildman–Crippen LogP) is 0.0499. The molecule has 0 radical (unpaired) electrons. The molecule has 0 aromatic carbocycles. The molecule has 0 fully saturated rings. The highest BCUT2D eigenvalue weighted by atomic mass is 32.1. The highest BCUT2D eigenvalue weighted by Crippen LogP contribution is 2.20. The second-order valence-electron chi connectivity index (χ2n) is 4.17. The molecule has 0 saturated heterocycles. The van der Waals surface area contributed by atoms with Gasteiger partial charge in [0.05, 0.1) is 10.4 Å². The fourth-order valence-electron chi connectivity index (χ4n) is 1.63. The lowest BCUT2D eigenvalue weighted by molar-refractivity contribution is -0.144. The molecule has 0 bridgehead atoms. The topological polar surface area (TPSA) is 142 Å².